The second-order valence-corrected chi connectivity index (χ2v) is 6.00. The van der Waals surface area contributed by atoms with Crippen molar-refractivity contribution in [1.82, 2.24) is 9.78 Å². The summed E-state index contributed by atoms with van der Waals surface area (Å²) in [6.07, 6.45) is 1.59. The van der Waals surface area contributed by atoms with Crippen molar-refractivity contribution in [2.75, 3.05) is 7.11 Å². The van der Waals surface area contributed by atoms with Gasteiger partial charge in [-0.1, -0.05) is 45.0 Å². The fourth-order valence-corrected chi connectivity index (χ4v) is 2.45. The van der Waals surface area contributed by atoms with E-state index in [1.807, 2.05) is 31.2 Å². The summed E-state index contributed by atoms with van der Waals surface area (Å²) in [6, 6.07) is 7.73. The lowest BCUT2D eigenvalue weighted by Crippen LogP contribution is -2.19. The summed E-state index contributed by atoms with van der Waals surface area (Å²) in [7, 11) is 1.56. The van der Waals surface area contributed by atoms with Crippen LogP contribution in [0.15, 0.2) is 30.5 Å². The summed E-state index contributed by atoms with van der Waals surface area (Å²) in [5.74, 6) is 0.474. The van der Waals surface area contributed by atoms with Gasteiger partial charge in [-0.3, -0.25) is 9.48 Å². The number of carbonyl (C=O) groups is 1. The maximum Gasteiger partial charge on any atom is 0.215 e. The van der Waals surface area contributed by atoms with Crippen molar-refractivity contribution < 1.29 is 9.53 Å². The number of ether oxygens (including phenoxy) is 1. The first kappa shape index (κ1) is 15.3. The molecule has 1 aromatic carbocycles. The molecule has 2 rings (SSSR count). The molecule has 0 saturated carbocycles. The molecule has 0 N–H and O–H groups in total. The van der Waals surface area contributed by atoms with Gasteiger partial charge >= 0.3 is 0 Å². The molecule has 0 atom stereocenters. The second kappa shape index (κ2) is 5.72. The molecule has 0 spiro atoms. The van der Waals surface area contributed by atoms with Crippen LogP contribution in [-0.4, -0.2) is 22.7 Å². The molecular formula is C17H22N2O2. The lowest BCUT2D eigenvalue weighted by atomic mass is 9.82. The molecule has 2 aromatic rings. The Bertz CT molecular complexity index is 630. The van der Waals surface area contributed by atoms with Gasteiger partial charge in [0.2, 0.25) is 5.78 Å². The molecule has 0 unspecified atom stereocenters. The van der Waals surface area contributed by atoms with Crippen molar-refractivity contribution in [1.29, 1.82) is 0 Å². The van der Waals surface area contributed by atoms with E-state index in [0.717, 1.165) is 5.56 Å². The number of aromatic nitrogens is 2. The van der Waals surface area contributed by atoms with Crippen molar-refractivity contribution in [3.63, 3.8) is 0 Å². The molecule has 1 heterocycles. The van der Waals surface area contributed by atoms with Crippen LogP contribution in [-0.2, 0) is 12.0 Å². The van der Waals surface area contributed by atoms with Gasteiger partial charge in [-0.05, 0) is 17.9 Å². The fraction of sp³-hybridized carbons (Fsp3) is 0.412. The van der Waals surface area contributed by atoms with Crippen LogP contribution in [0.5, 0.6) is 5.75 Å². The van der Waals surface area contributed by atoms with Gasteiger partial charge in [0.15, 0.2) is 11.4 Å². The van der Waals surface area contributed by atoms with Crippen LogP contribution < -0.4 is 4.74 Å². The van der Waals surface area contributed by atoms with Crippen molar-refractivity contribution in [2.45, 2.75) is 39.7 Å². The van der Waals surface area contributed by atoms with Crippen LogP contribution in [0.3, 0.4) is 0 Å². The number of ketones is 1. The van der Waals surface area contributed by atoms with Crippen LogP contribution in [0.1, 0.15) is 49.3 Å². The average molecular weight is 286 g/mol. The highest BCUT2D eigenvalue weighted by atomic mass is 16.5. The number of rotatable bonds is 4. The Balaban J connectivity index is 2.59. The Kier molecular flexibility index (Phi) is 4.16. The van der Waals surface area contributed by atoms with Gasteiger partial charge in [-0.25, -0.2) is 0 Å². The van der Waals surface area contributed by atoms with Crippen LogP contribution >= 0.6 is 0 Å². The van der Waals surface area contributed by atoms with Gasteiger partial charge in [0.1, 0.15) is 0 Å². The van der Waals surface area contributed by atoms with Crippen LogP contribution in [0.4, 0.5) is 0 Å². The highest BCUT2D eigenvalue weighted by molar-refractivity contribution is 6.10. The first-order valence-corrected chi connectivity index (χ1v) is 7.14. The summed E-state index contributed by atoms with van der Waals surface area (Å²) in [6.45, 7) is 8.90. The van der Waals surface area contributed by atoms with Crippen molar-refractivity contribution in [3.05, 3.63) is 47.3 Å². The standard InChI is InChI=1S/C17H22N2O2/c1-6-19-15(14(21-5)11-18-19)16(20)12-9-7-8-10-13(12)17(2,3)4/h7-11H,6H2,1-5H3. The Morgan fingerprint density at radius 2 is 1.95 bits per heavy atom. The number of nitrogens with zero attached hydrogens (tertiary/aromatic N) is 2. The van der Waals surface area contributed by atoms with Gasteiger partial charge < -0.3 is 4.74 Å². The maximum atomic E-state index is 13.0. The molecule has 0 fully saturated rings. The van der Waals surface area contributed by atoms with E-state index < -0.39 is 0 Å². The minimum atomic E-state index is -0.101. The molecule has 21 heavy (non-hydrogen) atoms. The Morgan fingerprint density at radius 1 is 1.29 bits per heavy atom. The van der Waals surface area contributed by atoms with Gasteiger partial charge in [0.25, 0.3) is 0 Å². The third kappa shape index (κ3) is 2.84. The molecule has 4 nitrogen and oxygen atoms in total. The summed E-state index contributed by atoms with van der Waals surface area (Å²) in [5.41, 5.74) is 2.15. The summed E-state index contributed by atoms with van der Waals surface area (Å²) < 4.78 is 6.97. The minimum Gasteiger partial charge on any atom is -0.493 e. The summed E-state index contributed by atoms with van der Waals surface area (Å²) in [4.78, 5) is 13.0. The molecule has 112 valence electrons. The van der Waals surface area contributed by atoms with Crippen molar-refractivity contribution in [2.24, 2.45) is 0 Å². The number of aryl methyl sites for hydroxylation is 1. The van der Waals surface area contributed by atoms with E-state index >= 15 is 0 Å². The largest absolute Gasteiger partial charge is 0.493 e. The first-order valence-electron chi connectivity index (χ1n) is 7.14. The van der Waals surface area contributed by atoms with Gasteiger partial charge in [0.05, 0.1) is 13.3 Å². The number of hydrogen-bond acceptors (Lipinski definition) is 3. The van der Waals surface area contributed by atoms with E-state index in [1.165, 1.54) is 0 Å². The van der Waals surface area contributed by atoms with E-state index in [-0.39, 0.29) is 11.2 Å². The zero-order valence-corrected chi connectivity index (χ0v) is 13.3. The maximum absolute atomic E-state index is 13.0. The molecule has 0 aliphatic carbocycles. The molecule has 1 aromatic heterocycles. The molecule has 0 radical (unpaired) electrons. The third-order valence-electron chi connectivity index (χ3n) is 3.52. The normalized spacial score (nSPS) is 11.5. The summed E-state index contributed by atoms with van der Waals surface area (Å²) >= 11 is 0. The number of methoxy groups -OCH3 is 1. The predicted octanol–water partition coefficient (Wildman–Crippen LogP) is 3.44. The van der Waals surface area contributed by atoms with Gasteiger partial charge in [-0.2, -0.15) is 5.10 Å². The number of carbonyl (C=O) groups excluding carboxylic acids is 1. The molecule has 0 aliphatic rings. The lowest BCUT2D eigenvalue weighted by molar-refractivity contribution is 0.102. The topological polar surface area (TPSA) is 44.1 Å². The highest BCUT2D eigenvalue weighted by Crippen LogP contribution is 2.29. The fourth-order valence-electron chi connectivity index (χ4n) is 2.45. The number of benzene rings is 1. The molecule has 0 saturated heterocycles. The SMILES string of the molecule is CCn1ncc(OC)c1C(=O)c1ccccc1C(C)(C)C. The van der Waals surface area contributed by atoms with Crippen LogP contribution in [0.25, 0.3) is 0 Å². The van der Waals surface area contributed by atoms with Crippen LogP contribution in [0.2, 0.25) is 0 Å². The Labute approximate surface area is 125 Å². The third-order valence-corrected chi connectivity index (χ3v) is 3.52. The summed E-state index contributed by atoms with van der Waals surface area (Å²) in [5, 5.41) is 4.21. The van der Waals surface area contributed by atoms with E-state index in [9.17, 15) is 4.79 Å². The van der Waals surface area contributed by atoms with Crippen LogP contribution in [0, 0.1) is 0 Å². The first-order chi connectivity index (χ1) is 9.90. The van der Waals surface area contributed by atoms with E-state index in [1.54, 1.807) is 18.0 Å². The molecule has 0 aliphatic heterocycles. The highest BCUT2D eigenvalue weighted by Gasteiger charge is 2.26. The van der Waals surface area contributed by atoms with Crippen molar-refractivity contribution >= 4 is 5.78 Å². The van der Waals surface area contributed by atoms with Crippen molar-refractivity contribution in [3.8, 4) is 5.75 Å². The average Bonchev–Trinajstić information content (AvgIpc) is 2.88. The van der Waals surface area contributed by atoms with E-state index in [4.69, 9.17) is 4.74 Å². The van der Waals surface area contributed by atoms with E-state index in [0.29, 0.717) is 23.6 Å². The van der Waals surface area contributed by atoms with E-state index in [2.05, 4.69) is 25.9 Å². The second-order valence-electron chi connectivity index (χ2n) is 6.00. The quantitative estimate of drug-likeness (QED) is 0.809. The predicted molar refractivity (Wildman–Crippen MR) is 83.0 cm³/mol. The molecule has 0 bridgehead atoms. The Hall–Kier alpha value is -2.10. The minimum absolute atomic E-state index is 0.0447. The zero-order chi connectivity index (χ0) is 15.6. The lowest BCUT2D eigenvalue weighted by Gasteiger charge is -2.22. The van der Waals surface area contributed by atoms with Gasteiger partial charge in [-0.15, -0.1) is 0 Å². The van der Waals surface area contributed by atoms with Gasteiger partial charge in [0, 0.05) is 12.1 Å². The molecule has 0 amide bonds. The monoisotopic (exact) mass is 286 g/mol. The molecular weight excluding hydrogens is 264 g/mol. The smallest absolute Gasteiger partial charge is 0.215 e. The zero-order valence-electron chi connectivity index (χ0n) is 13.3. The number of hydrogen-bond donors (Lipinski definition) is 0. The molecule has 4 heteroatoms. The Morgan fingerprint density at radius 3 is 2.52 bits per heavy atom.